The Labute approximate surface area is 156 Å². The highest BCUT2D eigenvalue weighted by molar-refractivity contribution is 5.77. The van der Waals surface area contributed by atoms with Gasteiger partial charge in [-0.25, -0.2) is 0 Å². The summed E-state index contributed by atoms with van der Waals surface area (Å²) in [6, 6.07) is 10.3. The van der Waals surface area contributed by atoms with Gasteiger partial charge in [0.1, 0.15) is 0 Å². The lowest BCUT2D eigenvalue weighted by molar-refractivity contribution is -0.159. The Hall–Kier alpha value is -2.14. The Bertz CT molecular complexity index is 741. The van der Waals surface area contributed by atoms with Gasteiger partial charge in [-0.15, -0.1) is 0 Å². The van der Waals surface area contributed by atoms with E-state index in [9.17, 15) is 4.79 Å². The second kappa shape index (κ2) is 8.04. The van der Waals surface area contributed by atoms with Crippen LogP contribution < -0.4 is 0 Å². The fourth-order valence-electron chi connectivity index (χ4n) is 4.06. The van der Waals surface area contributed by atoms with E-state index in [0.717, 1.165) is 44.6 Å². The molecule has 1 fully saturated rings. The van der Waals surface area contributed by atoms with Crippen molar-refractivity contribution >= 4 is 5.97 Å². The van der Waals surface area contributed by atoms with E-state index in [1.54, 1.807) is 0 Å². The lowest BCUT2D eigenvalue weighted by Crippen LogP contribution is -2.49. The van der Waals surface area contributed by atoms with Crippen molar-refractivity contribution in [2.45, 2.75) is 39.7 Å². The van der Waals surface area contributed by atoms with E-state index >= 15 is 0 Å². The number of carbonyl (C=O) groups excluding carboxylic acids is 1. The molecule has 1 aliphatic heterocycles. The molecular weight excluding hydrogens is 326 g/mol. The zero-order chi connectivity index (χ0) is 18.6. The molecule has 2 heterocycles. The van der Waals surface area contributed by atoms with Crippen LogP contribution in [0, 0.1) is 12.3 Å². The minimum Gasteiger partial charge on any atom is -0.466 e. The van der Waals surface area contributed by atoms with Crippen LogP contribution in [0.3, 0.4) is 0 Å². The van der Waals surface area contributed by atoms with Crippen LogP contribution in [-0.4, -0.2) is 40.3 Å². The molecule has 0 amide bonds. The first-order chi connectivity index (χ1) is 12.5. The van der Waals surface area contributed by atoms with Gasteiger partial charge in [0.2, 0.25) is 0 Å². The van der Waals surface area contributed by atoms with Crippen molar-refractivity contribution in [2.75, 3.05) is 19.7 Å². The molecule has 0 radical (unpaired) electrons. The molecule has 1 atom stereocenters. The molecule has 3 rings (SSSR count). The third-order valence-electron chi connectivity index (χ3n) is 5.26. The molecule has 0 aliphatic carbocycles. The highest BCUT2D eigenvalue weighted by Gasteiger charge is 2.43. The van der Waals surface area contributed by atoms with Gasteiger partial charge < -0.3 is 4.74 Å². The molecule has 26 heavy (non-hydrogen) atoms. The molecule has 1 aromatic carbocycles. The van der Waals surface area contributed by atoms with E-state index in [0.29, 0.717) is 6.61 Å². The predicted octanol–water partition coefficient (Wildman–Crippen LogP) is 3.12. The largest absolute Gasteiger partial charge is 0.466 e. The number of ether oxygens (including phenoxy) is 1. The minimum atomic E-state index is -0.467. The van der Waals surface area contributed by atoms with Crippen LogP contribution in [-0.2, 0) is 29.5 Å². The summed E-state index contributed by atoms with van der Waals surface area (Å²) in [6.07, 6.45) is 4.69. The standard InChI is InChI=1S/C21H29N3O2/c1-4-26-20(25)21(13-18-9-6-5-7-10-18)11-8-12-24(16-21)15-19-14-23(3)22-17(19)2/h5-7,9-10,14H,4,8,11-13,15-16H2,1-3H3/t21-/m0/s1. The molecule has 0 spiro atoms. The number of hydrogen-bond acceptors (Lipinski definition) is 4. The zero-order valence-corrected chi connectivity index (χ0v) is 16.1. The van der Waals surface area contributed by atoms with Gasteiger partial charge in [0.25, 0.3) is 0 Å². The van der Waals surface area contributed by atoms with Crippen LogP contribution in [0.25, 0.3) is 0 Å². The third kappa shape index (κ3) is 4.15. The molecule has 5 heteroatoms. The SMILES string of the molecule is CCOC(=O)[C@]1(Cc2ccccc2)CCCN(Cc2cn(C)nc2C)C1. The van der Waals surface area contributed by atoms with E-state index in [1.807, 2.05) is 43.8 Å². The van der Waals surface area contributed by atoms with Crippen LogP contribution in [0.5, 0.6) is 0 Å². The maximum absolute atomic E-state index is 12.9. The number of benzene rings is 1. The van der Waals surface area contributed by atoms with E-state index in [4.69, 9.17) is 4.74 Å². The molecule has 140 valence electrons. The molecule has 0 bridgehead atoms. The zero-order valence-electron chi connectivity index (χ0n) is 16.1. The fourth-order valence-corrected chi connectivity index (χ4v) is 4.06. The molecule has 5 nitrogen and oxygen atoms in total. The Morgan fingerprint density at radius 3 is 2.73 bits per heavy atom. The highest BCUT2D eigenvalue weighted by atomic mass is 16.5. The smallest absolute Gasteiger partial charge is 0.313 e. The number of carbonyl (C=O) groups is 1. The normalized spacial score (nSPS) is 20.9. The van der Waals surface area contributed by atoms with Gasteiger partial charge in [-0.2, -0.15) is 5.10 Å². The first kappa shape index (κ1) is 18.6. The Morgan fingerprint density at radius 1 is 1.31 bits per heavy atom. The third-order valence-corrected chi connectivity index (χ3v) is 5.26. The summed E-state index contributed by atoms with van der Waals surface area (Å²) in [7, 11) is 1.95. The van der Waals surface area contributed by atoms with E-state index in [-0.39, 0.29) is 5.97 Å². The fraction of sp³-hybridized carbons (Fsp3) is 0.524. The van der Waals surface area contributed by atoms with E-state index in [2.05, 4.69) is 28.3 Å². The average Bonchev–Trinajstić information content (AvgIpc) is 2.93. The lowest BCUT2D eigenvalue weighted by Gasteiger charge is -2.41. The van der Waals surface area contributed by atoms with Gasteiger partial charge in [-0.05, 0) is 45.2 Å². The summed E-state index contributed by atoms with van der Waals surface area (Å²) < 4.78 is 7.36. The van der Waals surface area contributed by atoms with Crippen molar-refractivity contribution in [2.24, 2.45) is 12.5 Å². The molecule has 0 unspecified atom stereocenters. The summed E-state index contributed by atoms with van der Waals surface area (Å²) in [4.78, 5) is 15.3. The number of piperidine rings is 1. The number of nitrogens with zero attached hydrogens (tertiary/aromatic N) is 3. The van der Waals surface area contributed by atoms with Crippen molar-refractivity contribution < 1.29 is 9.53 Å². The monoisotopic (exact) mass is 355 g/mol. The van der Waals surface area contributed by atoms with Crippen LogP contribution in [0.4, 0.5) is 0 Å². The average molecular weight is 355 g/mol. The number of esters is 1. The predicted molar refractivity (Wildman–Crippen MR) is 102 cm³/mol. The number of hydrogen-bond donors (Lipinski definition) is 0. The van der Waals surface area contributed by atoms with Crippen molar-refractivity contribution in [3.63, 3.8) is 0 Å². The number of aromatic nitrogens is 2. The number of aryl methyl sites for hydroxylation is 2. The van der Waals surface area contributed by atoms with Gasteiger partial charge >= 0.3 is 5.97 Å². The van der Waals surface area contributed by atoms with Gasteiger partial charge in [0, 0.05) is 31.9 Å². The summed E-state index contributed by atoms with van der Waals surface area (Å²) >= 11 is 0. The van der Waals surface area contributed by atoms with Crippen LogP contribution in [0.15, 0.2) is 36.5 Å². The molecule has 1 aromatic heterocycles. The first-order valence-corrected chi connectivity index (χ1v) is 9.45. The van der Waals surface area contributed by atoms with E-state index < -0.39 is 5.41 Å². The minimum absolute atomic E-state index is 0.0588. The Kier molecular flexibility index (Phi) is 5.77. The quantitative estimate of drug-likeness (QED) is 0.747. The Morgan fingerprint density at radius 2 is 2.08 bits per heavy atom. The van der Waals surface area contributed by atoms with Crippen molar-refractivity contribution in [3.05, 3.63) is 53.3 Å². The maximum Gasteiger partial charge on any atom is 0.313 e. The topological polar surface area (TPSA) is 47.4 Å². The van der Waals surface area contributed by atoms with Crippen molar-refractivity contribution in [1.82, 2.24) is 14.7 Å². The van der Waals surface area contributed by atoms with Gasteiger partial charge in [0.15, 0.2) is 0 Å². The number of likely N-dealkylation sites (tertiary alicyclic amines) is 1. The maximum atomic E-state index is 12.9. The van der Waals surface area contributed by atoms with E-state index in [1.165, 1.54) is 11.1 Å². The molecule has 1 saturated heterocycles. The summed E-state index contributed by atoms with van der Waals surface area (Å²) in [5, 5.41) is 4.44. The summed E-state index contributed by atoms with van der Waals surface area (Å²) in [6.45, 7) is 6.92. The van der Waals surface area contributed by atoms with Gasteiger partial charge in [0.05, 0.1) is 17.7 Å². The lowest BCUT2D eigenvalue weighted by atomic mass is 9.75. The van der Waals surface area contributed by atoms with Crippen molar-refractivity contribution in [1.29, 1.82) is 0 Å². The second-order valence-electron chi connectivity index (χ2n) is 7.39. The summed E-state index contributed by atoms with van der Waals surface area (Å²) in [5.74, 6) is -0.0588. The first-order valence-electron chi connectivity index (χ1n) is 9.45. The molecule has 0 saturated carbocycles. The second-order valence-corrected chi connectivity index (χ2v) is 7.39. The van der Waals surface area contributed by atoms with Crippen LogP contribution in [0.1, 0.15) is 36.6 Å². The molecular formula is C21H29N3O2. The van der Waals surface area contributed by atoms with Crippen LogP contribution >= 0.6 is 0 Å². The van der Waals surface area contributed by atoms with Crippen LogP contribution in [0.2, 0.25) is 0 Å². The highest BCUT2D eigenvalue weighted by Crippen LogP contribution is 2.36. The Balaban J connectivity index is 1.81. The molecule has 1 aliphatic rings. The summed E-state index contributed by atoms with van der Waals surface area (Å²) in [5.41, 5.74) is 3.01. The number of rotatable bonds is 6. The van der Waals surface area contributed by atoms with Crippen molar-refractivity contribution in [3.8, 4) is 0 Å². The van der Waals surface area contributed by atoms with Gasteiger partial charge in [-0.1, -0.05) is 30.3 Å². The molecule has 0 N–H and O–H groups in total. The molecule has 2 aromatic rings. The van der Waals surface area contributed by atoms with Gasteiger partial charge in [-0.3, -0.25) is 14.4 Å².